The van der Waals surface area contributed by atoms with Gasteiger partial charge < -0.3 is 9.21 Å². The van der Waals surface area contributed by atoms with Gasteiger partial charge in [-0.25, -0.2) is 22.5 Å². The number of thiazole rings is 1. The predicted octanol–water partition coefficient (Wildman–Crippen LogP) is 5.50. The van der Waals surface area contributed by atoms with Gasteiger partial charge in [0.2, 0.25) is 10.0 Å². The van der Waals surface area contributed by atoms with E-state index in [9.17, 15) is 17.6 Å². The number of sulfonamides is 1. The molecule has 1 N–H and O–H groups in total. The topological polar surface area (TPSA) is 89.3 Å². The fourth-order valence-corrected chi connectivity index (χ4v) is 5.98. The number of furan rings is 1. The number of halogens is 1. The second-order valence-corrected chi connectivity index (χ2v) is 10.8. The van der Waals surface area contributed by atoms with Crippen LogP contribution in [0.15, 0.2) is 63.9 Å². The largest absolute Gasteiger partial charge is 0.456 e. The number of fused-ring (bicyclic) bond motifs is 4. The van der Waals surface area contributed by atoms with Gasteiger partial charge in [-0.1, -0.05) is 26.0 Å². The lowest BCUT2D eigenvalue weighted by atomic mass is 10.1. The summed E-state index contributed by atoms with van der Waals surface area (Å²) in [5, 5.41) is 2.05. The van der Waals surface area contributed by atoms with E-state index in [1.807, 2.05) is 24.3 Å². The molecule has 0 aliphatic carbocycles. The lowest BCUT2D eigenvalue weighted by Gasteiger charge is -2.16. The van der Waals surface area contributed by atoms with E-state index in [2.05, 4.69) is 9.71 Å². The van der Waals surface area contributed by atoms with E-state index in [1.54, 1.807) is 32.0 Å². The Bertz CT molecular complexity index is 1640. The van der Waals surface area contributed by atoms with Gasteiger partial charge in [-0.05, 0) is 48.4 Å². The van der Waals surface area contributed by atoms with Crippen molar-refractivity contribution in [2.45, 2.75) is 24.8 Å². The van der Waals surface area contributed by atoms with Crippen molar-refractivity contribution in [3.63, 3.8) is 0 Å². The Balaban J connectivity index is 1.57. The second kappa shape index (κ2) is 8.02. The molecule has 6 nitrogen and oxygen atoms in total. The maximum atomic E-state index is 14.0. The van der Waals surface area contributed by atoms with Crippen LogP contribution in [0.2, 0.25) is 0 Å². The molecule has 0 aliphatic heterocycles. The summed E-state index contributed by atoms with van der Waals surface area (Å²) in [6.07, 6.45) is 0.601. The SMILES string of the molecule is CC(C)[C@H](C=O)NS(=O)(=O)c1ccc2oc3cc(-c4nc5c(F)cccc5s4)ccc3c2c1. The van der Waals surface area contributed by atoms with Crippen molar-refractivity contribution in [1.29, 1.82) is 0 Å². The molecule has 0 radical (unpaired) electrons. The molecular weight excluding hydrogens is 463 g/mol. The van der Waals surface area contributed by atoms with Gasteiger partial charge in [-0.3, -0.25) is 0 Å². The van der Waals surface area contributed by atoms with Crippen molar-refractivity contribution in [2.75, 3.05) is 0 Å². The number of carbonyl (C=O) groups excluding carboxylic acids is 1. The number of para-hydroxylation sites is 1. The Morgan fingerprint density at radius 2 is 1.88 bits per heavy atom. The van der Waals surface area contributed by atoms with Crippen molar-refractivity contribution in [3.8, 4) is 10.6 Å². The Kier molecular flexibility index (Phi) is 5.27. The van der Waals surface area contributed by atoms with Crippen molar-refractivity contribution < 1.29 is 22.0 Å². The first-order valence-corrected chi connectivity index (χ1v) is 12.6. The summed E-state index contributed by atoms with van der Waals surface area (Å²) in [4.78, 5) is 15.7. The predicted molar refractivity (Wildman–Crippen MR) is 127 cm³/mol. The molecule has 0 spiro atoms. The highest BCUT2D eigenvalue weighted by atomic mass is 32.2. The molecule has 3 aromatic carbocycles. The van der Waals surface area contributed by atoms with Crippen LogP contribution in [0.5, 0.6) is 0 Å². The molecule has 0 bridgehead atoms. The maximum Gasteiger partial charge on any atom is 0.241 e. The van der Waals surface area contributed by atoms with Crippen LogP contribution in [-0.4, -0.2) is 25.7 Å². The Hall–Kier alpha value is -3.14. The highest BCUT2D eigenvalue weighted by Crippen LogP contribution is 2.36. The molecule has 0 saturated carbocycles. The molecule has 5 aromatic rings. The number of hydrogen-bond acceptors (Lipinski definition) is 6. The third-order valence-corrected chi connectivity index (χ3v) is 8.05. The van der Waals surface area contributed by atoms with Gasteiger partial charge in [-0.15, -0.1) is 11.3 Å². The first-order chi connectivity index (χ1) is 15.8. The summed E-state index contributed by atoms with van der Waals surface area (Å²) < 4.78 is 48.8. The number of nitrogens with one attached hydrogen (secondary N) is 1. The number of nitrogens with zero attached hydrogens (tertiary/aromatic N) is 1. The average Bonchev–Trinajstić information content (AvgIpc) is 3.38. The van der Waals surface area contributed by atoms with E-state index < -0.39 is 16.1 Å². The van der Waals surface area contributed by atoms with Gasteiger partial charge in [0.15, 0.2) is 0 Å². The highest BCUT2D eigenvalue weighted by Gasteiger charge is 2.23. The van der Waals surface area contributed by atoms with Crippen LogP contribution < -0.4 is 4.72 Å². The summed E-state index contributed by atoms with van der Waals surface area (Å²) in [5.41, 5.74) is 2.21. The minimum absolute atomic E-state index is 0.0518. The van der Waals surface area contributed by atoms with Crippen molar-refractivity contribution in [3.05, 3.63) is 60.4 Å². The average molecular weight is 483 g/mol. The van der Waals surface area contributed by atoms with Crippen LogP contribution in [0.1, 0.15) is 13.8 Å². The van der Waals surface area contributed by atoms with E-state index in [0.29, 0.717) is 33.4 Å². The summed E-state index contributed by atoms with van der Waals surface area (Å²) in [6.45, 7) is 3.54. The zero-order chi connectivity index (χ0) is 23.3. The summed E-state index contributed by atoms with van der Waals surface area (Å²) in [7, 11) is -3.89. The van der Waals surface area contributed by atoms with Gasteiger partial charge in [-0.2, -0.15) is 0 Å². The molecule has 9 heteroatoms. The normalized spacial score (nSPS) is 13.3. The summed E-state index contributed by atoms with van der Waals surface area (Å²) >= 11 is 1.39. The highest BCUT2D eigenvalue weighted by molar-refractivity contribution is 7.89. The second-order valence-electron chi connectivity index (χ2n) is 8.10. The molecule has 168 valence electrons. The fraction of sp³-hybridized carbons (Fsp3) is 0.167. The summed E-state index contributed by atoms with van der Waals surface area (Å²) in [5.74, 6) is -0.540. The van der Waals surface area contributed by atoms with Crippen LogP contribution in [0.4, 0.5) is 4.39 Å². The molecule has 0 amide bonds. The first-order valence-electron chi connectivity index (χ1n) is 10.3. The third kappa shape index (κ3) is 3.82. The maximum absolute atomic E-state index is 14.0. The summed E-state index contributed by atoms with van der Waals surface area (Å²) in [6, 6.07) is 14.1. The number of rotatable bonds is 6. The molecular formula is C24H19FN2O4S2. The molecule has 1 atom stereocenters. The van der Waals surface area contributed by atoms with E-state index in [4.69, 9.17) is 4.42 Å². The van der Waals surface area contributed by atoms with Crippen LogP contribution in [0, 0.1) is 11.7 Å². The molecule has 2 heterocycles. The molecule has 33 heavy (non-hydrogen) atoms. The number of carbonyl (C=O) groups is 1. The van der Waals surface area contributed by atoms with E-state index in [1.165, 1.54) is 23.5 Å². The van der Waals surface area contributed by atoms with Crippen LogP contribution >= 0.6 is 11.3 Å². The van der Waals surface area contributed by atoms with E-state index >= 15 is 0 Å². The van der Waals surface area contributed by atoms with Crippen LogP contribution in [-0.2, 0) is 14.8 Å². The van der Waals surface area contributed by atoms with Crippen molar-refractivity contribution in [1.82, 2.24) is 9.71 Å². The zero-order valence-corrected chi connectivity index (χ0v) is 19.3. The molecule has 5 rings (SSSR count). The monoisotopic (exact) mass is 482 g/mol. The van der Waals surface area contributed by atoms with Gasteiger partial charge in [0, 0.05) is 16.3 Å². The quantitative estimate of drug-likeness (QED) is 0.323. The van der Waals surface area contributed by atoms with Gasteiger partial charge >= 0.3 is 0 Å². The number of aldehydes is 1. The Labute approximate surface area is 193 Å². The minimum Gasteiger partial charge on any atom is -0.456 e. The van der Waals surface area contributed by atoms with Crippen LogP contribution in [0.3, 0.4) is 0 Å². The lowest BCUT2D eigenvalue weighted by molar-refractivity contribution is -0.110. The number of benzene rings is 3. The molecule has 0 saturated heterocycles. The number of aromatic nitrogens is 1. The molecule has 0 unspecified atom stereocenters. The van der Waals surface area contributed by atoms with Gasteiger partial charge in [0.05, 0.1) is 15.6 Å². The van der Waals surface area contributed by atoms with Crippen molar-refractivity contribution in [2.24, 2.45) is 5.92 Å². The van der Waals surface area contributed by atoms with Crippen LogP contribution in [0.25, 0.3) is 42.7 Å². The molecule has 0 fully saturated rings. The number of hydrogen-bond donors (Lipinski definition) is 1. The Morgan fingerprint density at radius 1 is 1.06 bits per heavy atom. The van der Waals surface area contributed by atoms with Gasteiger partial charge in [0.25, 0.3) is 0 Å². The van der Waals surface area contributed by atoms with E-state index in [0.717, 1.165) is 15.6 Å². The fourth-order valence-electron chi connectivity index (χ4n) is 3.66. The van der Waals surface area contributed by atoms with Crippen molar-refractivity contribution >= 4 is 59.8 Å². The third-order valence-electron chi connectivity index (χ3n) is 5.53. The lowest BCUT2D eigenvalue weighted by Crippen LogP contribution is -2.39. The minimum atomic E-state index is -3.89. The standard InChI is InChI=1S/C24H19FN2O4S2/c1-13(2)19(12-28)27-33(29,30)15-7-9-20-17(11-15)16-8-6-14(10-21(16)31-20)24-26-23-18(25)4-3-5-22(23)32-24/h3-13,19,27H,1-2H3/t19-/m0/s1. The smallest absolute Gasteiger partial charge is 0.241 e. The molecule has 0 aliphatic rings. The first kappa shape index (κ1) is 21.7. The Morgan fingerprint density at radius 3 is 2.61 bits per heavy atom. The van der Waals surface area contributed by atoms with E-state index in [-0.39, 0.29) is 16.6 Å². The van der Waals surface area contributed by atoms with Gasteiger partial charge in [0.1, 0.15) is 33.8 Å². The molecule has 2 aromatic heterocycles. The zero-order valence-electron chi connectivity index (χ0n) is 17.7.